The minimum Gasteiger partial charge on any atom is -0.481 e. The summed E-state index contributed by atoms with van der Waals surface area (Å²) in [6.07, 6.45) is 6.07. The normalized spacial score (nSPS) is 37.9. The SMILES string of the molecule is CC(CCCl)CC1C(C)CC2(c3ccccc3)CC1CC(C)(C(=O)O)C2. The predicted molar refractivity (Wildman–Crippen MR) is 108 cm³/mol. The molecule has 0 spiro atoms. The van der Waals surface area contributed by atoms with Crippen molar-refractivity contribution < 1.29 is 9.90 Å². The van der Waals surface area contributed by atoms with Crippen LogP contribution in [0.5, 0.6) is 0 Å². The number of carboxylic acids is 1. The van der Waals surface area contributed by atoms with E-state index in [-0.39, 0.29) is 5.41 Å². The van der Waals surface area contributed by atoms with Gasteiger partial charge in [-0.15, -0.1) is 11.6 Å². The van der Waals surface area contributed by atoms with Crippen LogP contribution < -0.4 is 0 Å². The molecule has 1 aromatic rings. The van der Waals surface area contributed by atoms with Crippen molar-refractivity contribution in [2.45, 2.75) is 64.7 Å². The zero-order valence-electron chi connectivity index (χ0n) is 16.4. The first-order valence-electron chi connectivity index (χ1n) is 10.1. The molecule has 26 heavy (non-hydrogen) atoms. The predicted octanol–water partition coefficient (Wildman–Crippen LogP) is 6.13. The molecule has 0 aliphatic heterocycles. The van der Waals surface area contributed by atoms with Gasteiger partial charge in [0.2, 0.25) is 0 Å². The molecular formula is C23H33ClO2. The van der Waals surface area contributed by atoms with Gasteiger partial charge in [-0.05, 0) is 80.1 Å². The number of carbonyl (C=O) groups is 1. The third-order valence-corrected chi connectivity index (χ3v) is 7.54. The van der Waals surface area contributed by atoms with Gasteiger partial charge in [-0.3, -0.25) is 4.79 Å². The monoisotopic (exact) mass is 376 g/mol. The molecule has 3 rings (SSSR count). The van der Waals surface area contributed by atoms with E-state index in [9.17, 15) is 9.90 Å². The van der Waals surface area contributed by atoms with Crippen molar-refractivity contribution in [1.29, 1.82) is 0 Å². The van der Waals surface area contributed by atoms with Crippen molar-refractivity contribution in [2.75, 3.05) is 5.88 Å². The summed E-state index contributed by atoms with van der Waals surface area (Å²) in [6.45, 7) is 6.67. The maximum atomic E-state index is 12.2. The molecule has 1 aromatic carbocycles. The van der Waals surface area contributed by atoms with Gasteiger partial charge in [-0.1, -0.05) is 44.2 Å². The van der Waals surface area contributed by atoms with Crippen LogP contribution in [0.1, 0.15) is 64.9 Å². The minimum absolute atomic E-state index is 0.0168. The van der Waals surface area contributed by atoms with Gasteiger partial charge < -0.3 is 5.11 Å². The number of rotatable bonds is 6. The second kappa shape index (κ2) is 7.54. The first-order chi connectivity index (χ1) is 12.3. The van der Waals surface area contributed by atoms with E-state index >= 15 is 0 Å². The Kier molecular flexibility index (Phi) is 5.72. The lowest BCUT2D eigenvalue weighted by atomic mass is 9.47. The number of benzene rings is 1. The van der Waals surface area contributed by atoms with E-state index < -0.39 is 11.4 Å². The van der Waals surface area contributed by atoms with Crippen LogP contribution in [-0.2, 0) is 10.2 Å². The minimum atomic E-state index is -0.621. The van der Waals surface area contributed by atoms with E-state index in [1.807, 2.05) is 6.92 Å². The molecule has 2 fully saturated rings. The number of carboxylic acid groups (broad SMARTS) is 1. The van der Waals surface area contributed by atoms with Crippen molar-refractivity contribution >= 4 is 17.6 Å². The molecule has 2 aliphatic rings. The van der Waals surface area contributed by atoms with Crippen molar-refractivity contribution in [2.24, 2.45) is 29.1 Å². The zero-order valence-corrected chi connectivity index (χ0v) is 17.1. The molecular weight excluding hydrogens is 344 g/mol. The molecule has 0 radical (unpaired) electrons. The van der Waals surface area contributed by atoms with E-state index in [1.165, 1.54) is 12.0 Å². The van der Waals surface area contributed by atoms with E-state index in [2.05, 4.69) is 44.2 Å². The topological polar surface area (TPSA) is 37.3 Å². The fraction of sp³-hybridized carbons (Fsp3) is 0.696. The average Bonchev–Trinajstić information content (AvgIpc) is 2.59. The Balaban J connectivity index is 1.94. The second-order valence-corrected chi connectivity index (χ2v) is 9.90. The lowest BCUT2D eigenvalue weighted by molar-refractivity contribution is -0.156. The highest BCUT2D eigenvalue weighted by Crippen LogP contribution is 2.60. The van der Waals surface area contributed by atoms with E-state index in [4.69, 9.17) is 11.6 Å². The van der Waals surface area contributed by atoms with Gasteiger partial charge in [-0.25, -0.2) is 0 Å². The summed E-state index contributed by atoms with van der Waals surface area (Å²) in [5, 5.41) is 10.0. The fourth-order valence-electron chi connectivity index (χ4n) is 6.22. The van der Waals surface area contributed by atoms with Crippen molar-refractivity contribution in [3.63, 3.8) is 0 Å². The Labute approximate surface area is 163 Å². The lowest BCUT2D eigenvalue weighted by Gasteiger charge is -2.57. The van der Waals surface area contributed by atoms with E-state index in [1.54, 1.807) is 0 Å². The van der Waals surface area contributed by atoms with Gasteiger partial charge in [0.25, 0.3) is 0 Å². The van der Waals surface area contributed by atoms with Crippen LogP contribution in [0.2, 0.25) is 0 Å². The Hall–Kier alpha value is -1.02. The Morgan fingerprint density at radius 1 is 1.27 bits per heavy atom. The van der Waals surface area contributed by atoms with Gasteiger partial charge in [0.1, 0.15) is 0 Å². The highest BCUT2D eigenvalue weighted by Gasteiger charge is 2.56. The lowest BCUT2D eigenvalue weighted by Crippen LogP contribution is -2.52. The van der Waals surface area contributed by atoms with E-state index in [0.29, 0.717) is 29.6 Å². The molecule has 1 N–H and O–H groups in total. The Bertz CT molecular complexity index is 626. The smallest absolute Gasteiger partial charge is 0.309 e. The summed E-state index contributed by atoms with van der Waals surface area (Å²) in [7, 11) is 0. The molecule has 2 saturated carbocycles. The summed E-state index contributed by atoms with van der Waals surface area (Å²) in [5.41, 5.74) is 0.742. The van der Waals surface area contributed by atoms with Crippen LogP contribution in [0.15, 0.2) is 30.3 Å². The first-order valence-corrected chi connectivity index (χ1v) is 10.7. The number of hydrogen-bond acceptors (Lipinski definition) is 1. The third-order valence-electron chi connectivity index (χ3n) is 7.32. The number of hydrogen-bond donors (Lipinski definition) is 1. The molecule has 0 saturated heterocycles. The highest BCUT2D eigenvalue weighted by atomic mass is 35.5. The van der Waals surface area contributed by atoms with Crippen LogP contribution in [0, 0.1) is 29.1 Å². The molecule has 0 heterocycles. The van der Waals surface area contributed by atoms with Gasteiger partial charge in [0.05, 0.1) is 5.41 Å². The maximum Gasteiger partial charge on any atom is 0.309 e. The Morgan fingerprint density at radius 2 is 1.96 bits per heavy atom. The summed E-state index contributed by atoms with van der Waals surface area (Å²) >= 11 is 5.97. The number of fused-ring (bicyclic) bond motifs is 2. The zero-order chi connectivity index (χ0) is 18.9. The summed E-state index contributed by atoms with van der Waals surface area (Å²) < 4.78 is 0. The quantitative estimate of drug-likeness (QED) is 0.606. The standard InChI is InChI=1S/C23H33ClO2/c1-16(9-10-24)11-20-17(2)12-23(19-7-5-4-6-8-19)14-18(20)13-22(3,15-23)21(25)26/h4-8,16-18,20H,9-15H2,1-3H3,(H,25,26). The summed E-state index contributed by atoms with van der Waals surface area (Å²) in [4.78, 5) is 12.2. The van der Waals surface area contributed by atoms with Crippen molar-refractivity contribution in [3.05, 3.63) is 35.9 Å². The molecule has 144 valence electrons. The van der Waals surface area contributed by atoms with Crippen LogP contribution in [0.4, 0.5) is 0 Å². The average molecular weight is 377 g/mol. The van der Waals surface area contributed by atoms with Crippen molar-refractivity contribution in [3.8, 4) is 0 Å². The fourth-order valence-corrected chi connectivity index (χ4v) is 6.59. The van der Waals surface area contributed by atoms with Gasteiger partial charge in [0, 0.05) is 5.88 Å². The molecule has 6 unspecified atom stereocenters. The van der Waals surface area contributed by atoms with Crippen LogP contribution >= 0.6 is 11.6 Å². The molecule has 0 amide bonds. The Morgan fingerprint density at radius 3 is 2.58 bits per heavy atom. The van der Waals surface area contributed by atoms with Crippen LogP contribution in [0.3, 0.4) is 0 Å². The van der Waals surface area contributed by atoms with E-state index in [0.717, 1.165) is 32.1 Å². The highest BCUT2D eigenvalue weighted by molar-refractivity contribution is 6.17. The van der Waals surface area contributed by atoms with Gasteiger partial charge in [-0.2, -0.15) is 0 Å². The molecule has 3 heteroatoms. The number of halogens is 1. The number of alkyl halides is 1. The molecule has 2 nitrogen and oxygen atoms in total. The largest absolute Gasteiger partial charge is 0.481 e. The van der Waals surface area contributed by atoms with Crippen molar-refractivity contribution in [1.82, 2.24) is 0 Å². The second-order valence-electron chi connectivity index (χ2n) is 9.52. The molecule has 2 bridgehead atoms. The third kappa shape index (κ3) is 3.67. The molecule has 2 aliphatic carbocycles. The molecule has 0 aromatic heterocycles. The summed E-state index contributed by atoms with van der Waals surface area (Å²) in [5.74, 6) is 2.45. The summed E-state index contributed by atoms with van der Waals surface area (Å²) in [6, 6.07) is 10.7. The number of aliphatic carboxylic acids is 1. The van der Waals surface area contributed by atoms with Crippen LogP contribution in [-0.4, -0.2) is 17.0 Å². The first kappa shape index (κ1) is 19.7. The van der Waals surface area contributed by atoms with Crippen LogP contribution in [0.25, 0.3) is 0 Å². The van der Waals surface area contributed by atoms with Gasteiger partial charge >= 0.3 is 5.97 Å². The molecule has 6 atom stereocenters. The maximum absolute atomic E-state index is 12.2. The van der Waals surface area contributed by atoms with Gasteiger partial charge in [0.15, 0.2) is 0 Å².